The molecule has 2 aromatic heterocycles. The van der Waals surface area contributed by atoms with Crippen molar-refractivity contribution < 1.29 is 8.78 Å². The van der Waals surface area contributed by atoms with Crippen molar-refractivity contribution in [2.24, 2.45) is 0 Å². The Morgan fingerprint density at radius 3 is 1.68 bits per heavy atom. The van der Waals surface area contributed by atoms with Crippen LogP contribution >= 0.6 is 0 Å². The lowest BCUT2D eigenvalue weighted by molar-refractivity contribution is 0.619. The van der Waals surface area contributed by atoms with Gasteiger partial charge in [-0.25, -0.2) is 8.78 Å². The van der Waals surface area contributed by atoms with Gasteiger partial charge in [0.15, 0.2) is 0 Å². The van der Waals surface area contributed by atoms with Crippen LogP contribution in [0.5, 0.6) is 0 Å². The van der Waals surface area contributed by atoms with Crippen LogP contribution < -0.4 is 4.90 Å². The monoisotopic (exact) mass is 808 g/mol. The van der Waals surface area contributed by atoms with Crippen LogP contribution in [0.4, 0.5) is 25.8 Å². The van der Waals surface area contributed by atoms with E-state index < -0.39 is 17.0 Å². The number of rotatable bonds is 4. The van der Waals surface area contributed by atoms with E-state index in [1.54, 1.807) is 41.3 Å². The van der Waals surface area contributed by atoms with E-state index in [0.717, 1.165) is 21.9 Å². The normalized spacial score (nSPS) is 13.4. The maximum absolute atomic E-state index is 15.7. The molecule has 0 unspecified atom stereocenters. The van der Waals surface area contributed by atoms with Crippen LogP contribution in [-0.2, 0) is 5.41 Å². The Labute approximate surface area is 361 Å². The lowest BCUT2D eigenvalue weighted by atomic mass is 9.70. The van der Waals surface area contributed by atoms with Crippen LogP contribution in [0.3, 0.4) is 0 Å². The van der Waals surface area contributed by atoms with E-state index in [1.165, 1.54) is 94.7 Å². The first-order valence-electron chi connectivity index (χ1n) is 21.5. The highest BCUT2D eigenvalue weighted by atomic mass is 19.1. The highest BCUT2D eigenvalue weighted by Gasteiger charge is 2.52. The number of para-hydroxylation sites is 4. The number of anilines is 3. The standard InChI is InChI=1S/C59H34F2N2/c60-50-23-8-11-26-53(50)62(54-27-12-9-24-51(54)61)38-31-30-35-28-29-36(32-37(35)33-38)45-34-49-56(58-55(45)44-19-13-18-42-41-16-4-10-25-52(41)63(58)57(42)44)43-17-3-7-22-48(43)59(49)46-20-5-1-14-39(46)40-15-2-6-21-47(40)59/h1-34H. The highest BCUT2D eigenvalue weighted by molar-refractivity contribution is 6.29. The van der Waals surface area contributed by atoms with Gasteiger partial charge in [-0.15, -0.1) is 0 Å². The number of aromatic nitrogens is 1. The largest absolute Gasteiger partial charge is 0.307 e. The van der Waals surface area contributed by atoms with Crippen molar-refractivity contribution in [3.8, 4) is 33.4 Å². The van der Waals surface area contributed by atoms with Gasteiger partial charge in [0.05, 0.1) is 33.3 Å². The van der Waals surface area contributed by atoms with Crippen LogP contribution in [0.25, 0.3) is 82.2 Å². The van der Waals surface area contributed by atoms with Gasteiger partial charge >= 0.3 is 0 Å². The lowest BCUT2D eigenvalue weighted by Crippen LogP contribution is -2.25. The van der Waals surface area contributed by atoms with E-state index in [0.29, 0.717) is 5.69 Å². The molecule has 0 bridgehead atoms. The topological polar surface area (TPSA) is 7.65 Å². The Bertz CT molecular complexity index is 3820. The summed E-state index contributed by atoms with van der Waals surface area (Å²) in [5.41, 5.74) is 16.7. The van der Waals surface area contributed by atoms with Gasteiger partial charge in [-0.05, 0) is 115 Å². The van der Waals surface area contributed by atoms with Crippen molar-refractivity contribution in [3.63, 3.8) is 0 Å². The molecule has 0 saturated carbocycles. The number of fused-ring (bicyclic) bond motifs is 18. The molecular weight excluding hydrogens is 775 g/mol. The summed E-state index contributed by atoms with van der Waals surface area (Å²) in [6.07, 6.45) is 0. The Balaban J connectivity index is 1.12. The van der Waals surface area contributed by atoms with Crippen LogP contribution in [0.1, 0.15) is 22.3 Å². The van der Waals surface area contributed by atoms with Gasteiger partial charge in [-0.1, -0.05) is 152 Å². The summed E-state index contributed by atoms with van der Waals surface area (Å²) in [5, 5.41) is 6.89. The summed E-state index contributed by atoms with van der Waals surface area (Å²) in [6, 6.07) is 70.9. The molecule has 63 heavy (non-hydrogen) atoms. The lowest BCUT2D eigenvalue weighted by Gasteiger charge is -2.31. The molecule has 0 fully saturated rings. The van der Waals surface area contributed by atoms with Gasteiger partial charge in [-0.3, -0.25) is 0 Å². The van der Waals surface area contributed by atoms with Gasteiger partial charge in [0.25, 0.3) is 0 Å². The van der Waals surface area contributed by atoms with Gasteiger partial charge in [0.1, 0.15) is 11.6 Å². The molecule has 0 amide bonds. The number of benzene rings is 10. The molecule has 2 aliphatic carbocycles. The number of hydrogen-bond donors (Lipinski definition) is 0. The van der Waals surface area contributed by atoms with Gasteiger partial charge in [-0.2, -0.15) is 0 Å². The number of hydrogen-bond acceptors (Lipinski definition) is 1. The zero-order valence-corrected chi connectivity index (χ0v) is 33.8. The van der Waals surface area contributed by atoms with E-state index in [-0.39, 0.29) is 11.4 Å². The number of nitrogens with zero attached hydrogens (tertiary/aromatic N) is 2. The fourth-order valence-electron chi connectivity index (χ4n) is 11.6. The Hall–Kier alpha value is -8.08. The molecule has 0 saturated heterocycles. The van der Waals surface area contributed by atoms with E-state index >= 15 is 8.78 Å². The third-order valence-corrected chi connectivity index (χ3v) is 14.0. The van der Waals surface area contributed by atoms with Gasteiger partial charge < -0.3 is 9.30 Å². The molecule has 14 rings (SSSR count). The average molecular weight is 809 g/mol. The van der Waals surface area contributed by atoms with E-state index in [4.69, 9.17) is 0 Å². The second kappa shape index (κ2) is 12.5. The van der Waals surface area contributed by atoms with Crippen LogP contribution in [-0.4, -0.2) is 4.40 Å². The third-order valence-electron chi connectivity index (χ3n) is 14.0. The SMILES string of the molecule is Fc1ccccc1N(c1ccc2ccc(-c3cc4c(c5c3c3cccc6c7ccccc7n5c63)-c3ccccc3C43c4ccccc4-c4ccccc43)cc2c1)c1ccccc1F. The molecule has 2 aliphatic rings. The molecule has 2 nitrogen and oxygen atoms in total. The van der Waals surface area contributed by atoms with Crippen molar-refractivity contribution in [1.29, 1.82) is 0 Å². The second-order valence-electron chi connectivity index (χ2n) is 17.0. The Morgan fingerprint density at radius 1 is 0.397 bits per heavy atom. The molecule has 0 radical (unpaired) electrons. The van der Waals surface area contributed by atoms with Gasteiger partial charge in [0.2, 0.25) is 0 Å². The first-order chi connectivity index (χ1) is 31.1. The minimum absolute atomic E-state index is 0.277. The molecule has 294 valence electrons. The minimum atomic E-state index is -0.552. The first-order valence-corrected chi connectivity index (χ1v) is 21.5. The molecule has 2 heterocycles. The maximum atomic E-state index is 15.7. The zero-order chi connectivity index (χ0) is 41.6. The summed E-state index contributed by atoms with van der Waals surface area (Å²) in [6.45, 7) is 0. The predicted octanol–water partition coefficient (Wildman–Crippen LogP) is 15.7. The van der Waals surface area contributed by atoms with E-state index in [9.17, 15) is 0 Å². The van der Waals surface area contributed by atoms with Crippen molar-refractivity contribution >= 4 is 65.9 Å². The van der Waals surface area contributed by atoms with Crippen molar-refractivity contribution in [2.75, 3.05) is 4.90 Å². The molecule has 0 N–H and O–H groups in total. The summed E-state index contributed by atoms with van der Waals surface area (Å²) >= 11 is 0. The highest BCUT2D eigenvalue weighted by Crippen LogP contribution is 2.65. The fourth-order valence-corrected chi connectivity index (χ4v) is 11.6. The Morgan fingerprint density at radius 2 is 0.968 bits per heavy atom. The van der Waals surface area contributed by atoms with E-state index in [2.05, 4.69) is 150 Å². The van der Waals surface area contributed by atoms with Crippen LogP contribution in [0.2, 0.25) is 0 Å². The number of halogens is 2. The second-order valence-corrected chi connectivity index (χ2v) is 17.0. The molecule has 4 heteroatoms. The smallest absolute Gasteiger partial charge is 0.147 e. The molecule has 12 aromatic rings. The van der Waals surface area contributed by atoms with Crippen molar-refractivity contribution in [2.45, 2.75) is 5.41 Å². The van der Waals surface area contributed by atoms with Crippen LogP contribution in [0.15, 0.2) is 206 Å². The summed E-state index contributed by atoms with van der Waals surface area (Å²) in [4.78, 5) is 1.68. The third kappa shape index (κ3) is 4.39. The quantitative estimate of drug-likeness (QED) is 0.172. The van der Waals surface area contributed by atoms with Crippen molar-refractivity contribution in [1.82, 2.24) is 4.40 Å². The zero-order valence-electron chi connectivity index (χ0n) is 33.8. The molecule has 0 atom stereocenters. The van der Waals surface area contributed by atoms with Crippen molar-refractivity contribution in [3.05, 3.63) is 240 Å². The average Bonchev–Trinajstić information content (AvgIpc) is 4.04. The van der Waals surface area contributed by atoms with E-state index in [1.807, 2.05) is 12.1 Å². The molecular formula is C59H34F2N2. The first kappa shape index (κ1) is 34.6. The van der Waals surface area contributed by atoms with Crippen LogP contribution in [0, 0.1) is 11.6 Å². The molecule has 10 aromatic carbocycles. The molecule has 0 aliphatic heterocycles. The maximum Gasteiger partial charge on any atom is 0.147 e. The fraction of sp³-hybridized carbons (Fsp3) is 0.0169. The van der Waals surface area contributed by atoms with Gasteiger partial charge in [0, 0.05) is 32.8 Å². The molecule has 1 spiro atoms. The summed E-state index contributed by atoms with van der Waals surface area (Å²) < 4.78 is 33.9. The predicted molar refractivity (Wildman–Crippen MR) is 255 cm³/mol. The minimum Gasteiger partial charge on any atom is -0.307 e. The summed E-state index contributed by atoms with van der Waals surface area (Å²) in [5.74, 6) is -0.863. The Kier molecular flexibility index (Phi) is 6.87. The summed E-state index contributed by atoms with van der Waals surface area (Å²) in [7, 11) is 0.